The highest BCUT2D eigenvalue weighted by molar-refractivity contribution is 9.10. The minimum atomic E-state index is -3.73. The Hall–Kier alpha value is -0.960. The summed E-state index contributed by atoms with van der Waals surface area (Å²) in [5.74, 6) is -1.07. The molecule has 3 N–H and O–H groups in total. The summed E-state index contributed by atoms with van der Waals surface area (Å²) in [7, 11) is -3.73. The van der Waals surface area contributed by atoms with Gasteiger partial charge in [-0.05, 0) is 46.5 Å². The highest BCUT2D eigenvalue weighted by atomic mass is 79.9. The van der Waals surface area contributed by atoms with Gasteiger partial charge in [0.05, 0.1) is 10.5 Å². The summed E-state index contributed by atoms with van der Waals surface area (Å²) in [5, 5.41) is 17.8. The summed E-state index contributed by atoms with van der Waals surface area (Å²) < 4.78 is 27.1. The molecule has 0 bridgehead atoms. The van der Waals surface area contributed by atoms with Crippen LogP contribution in [0, 0.1) is 5.92 Å². The zero-order chi connectivity index (χ0) is 16.0. The number of carboxylic acids is 1. The van der Waals surface area contributed by atoms with Gasteiger partial charge in [-0.15, -0.1) is 0 Å². The van der Waals surface area contributed by atoms with Crippen LogP contribution >= 0.6 is 15.9 Å². The van der Waals surface area contributed by atoms with Crippen LogP contribution in [0.25, 0.3) is 0 Å². The number of hydrogen-bond acceptors (Lipinski definition) is 4. The fraction of sp³-hybridized carbons (Fsp3) is 0.462. The minimum Gasteiger partial charge on any atom is -0.478 e. The molecule has 21 heavy (non-hydrogen) atoms. The molecule has 1 aromatic rings. The second-order valence-electron chi connectivity index (χ2n) is 4.59. The molecule has 1 rings (SSSR count). The first-order chi connectivity index (χ1) is 9.81. The van der Waals surface area contributed by atoms with Crippen LogP contribution in [0.2, 0.25) is 0 Å². The summed E-state index contributed by atoms with van der Waals surface area (Å²) in [5.41, 5.74) is 0.00698. The fourth-order valence-electron chi connectivity index (χ4n) is 1.79. The number of carbonyl (C=O) groups is 1. The van der Waals surface area contributed by atoms with Crippen molar-refractivity contribution in [3.63, 3.8) is 0 Å². The highest BCUT2D eigenvalue weighted by Crippen LogP contribution is 2.23. The van der Waals surface area contributed by atoms with Gasteiger partial charge in [0.15, 0.2) is 0 Å². The van der Waals surface area contributed by atoms with E-state index in [1.165, 1.54) is 18.2 Å². The van der Waals surface area contributed by atoms with Crippen LogP contribution in [0.1, 0.15) is 30.1 Å². The third kappa shape index (κ3) is 5.06. The number of halogens is 1. The predicted octanol–water partition coefficient (Wildman–Crippen LogP) is 1.83. The van der Waals surface area contributed by atoms with E-state index in [9.17, 15) is 13.2 Å². The number of nitrogens with one attached hydrogen (secondary N) is 1. The van der Waals surface area contributed by atoms with E-state index in [2.05, 4.69) is 20.7 Å². The van der Waals surface area contributed by atoms with Crippen LogP contribution < -0.4 is 4.72 Å². The van der Waals surface area contributed by atoms with Gasteiger partial charge in [0, 0.05) is 17.6 Å². The minimum absolute atomic E-state index is 0.00698. The summed E-state index contributed by atoms with van der Waals surface area (Å²) in [6.07, 6.45) is 1.28. The third-order valence-corrected chi connectivity index (χ3v) is 5.55. The Bertz CT molecular complexity index is 603. The summed E-state index contributed by atoms with van der Waals surface area (Å²) in [6, 6.07) is 3.75. The van der Waals surface area contributed by atoms with E-state index in [1.54, 1.807) is 0 Å². The zero-order valence-electron chi connectivity index (χ0n) is 11.5. The van der Waals surface area contributed by atoms with E-state index in [-0.39, 0.29) is 34.0 Å². The lowest BCUT2D eigenvalue weighted by Gasteiger charge is -2.15. The van der Waals surface area contributed by atoms with Crippen LogP contribution in [0.4, 0.5) is 0 Å². The molecule has 0 fully saturated rings. The van der Waals surface area contributed by atoms with Gasteiger partial charge in [-0.25, -0.2) is 17.9 Å². The Morgan fingerprint density at radius 1 is 1.43 bits per heavy atom. The number of aromatic carboxylic acids is 1. The Kier molecular flexibility index (Phi) is 6.79. The third-order valence-electron chi connectivity index (χ3n) is 3.15. The van der Waals surface area contributed by atoms with Gasteiger partial charge < -0.3 is 10.2 Å². The number of aliphatic hydroxyl groups is 1. The Morgan fingerprint density at radius 3 is 2.57 bits per heavy atom. The molecule has 8 heteroatoms. The quantitative estimate of drug-likeness (QED) is 0.639. The molecule has 0 aromatic heterocycles. The first-order valence-electron chi connectivity index (χ1n) is 6.45. The zero-order valence-corrected chi connectivity index (χ0v) is 13.9. The van der Waals surface area contributed by atoms with Gasteiger partial charge in [0.25, 0.3) is 0 Å². The van der Waals surface area contributed by atoms with Crippen molar-refractivity contribution >= 4 is 31.9 Å². The number of rotatable bonds is 8. The molecular formula is C13H18BrNO5S. The second-order valence-corrected chi connectivity index (χ2v) is 7.18. The lowest BCUT2D eigenvalue weighted by Crippen LogP contribution is -2.30. The van der Waals surface area contributed by atoms with Gasteiger partial charge in [0.1, 0.15) is 0 Å². The molecule has 0 saturated carbocycles. The Labute approximate surface area is 132 Å². The van der Waals surface area contributed by atoms with Crippen LogP contribution in [0.3, 0.4) is 0 Å². The molecule has 0 radical (unpaired) electrons. The van der Waals surface area contributed by atoms with Crippen LogP contribution in [-0.4, -0.2) is 37.8 Å². The van der Waals surface area contributed by atoms with Crippen LogP contribution in [0.5, 0.6) is 0 Å². The van der Waals surface area contributed by atoms with Crippen molar-refractivity contribution in [3.05, 3.63) is 28.2 Å². The largest absolute Gasteiger partial charge is 0.478 e. The smallest absolute Gasteiger partial charge is 0.335 e. The van der Waals surface area contributed by atoms with Gasteiger partial charge in [0.2, 0.25) is 10.0 Å². The molecule has 0 aliphatic rings. The Morgan fingerprint density at radius 2 is 2.10 bits per heavy atom. The maximum Gasteiger partial charge on any atom is 0.335 e. The lowest BCUT2D eigenvalue weighted by molar-refractivity contribution is 0.0696. The standard InChI is InChI=1S/C13H18BrNO5S/c1-2-9(5-6-16)8-15-21(19,20)12-4-3-10(13(17)18)7-11(12)14/h3-4,7,9,15-16H,2,5-6,8H2,1H3,(H,17,18). The number of benzene rings is 1. The van der Waals surface area contributed by atoms with E-state index < -0.39 is 16.0 Å². The molecule has 1 atom stereocenters. The molecule has 1 aromatic carbocycles. The highest BCUT2D eigenvalue weighted by Gasteiger charge is 2.20. The molecule has 118 valence electrons. The molecule has 6 nitrogen and oxygen atoms in total. The average molecular weight is 380 g/mol. The SMILES string of the molecule is CCC(CCO)CNS(=O)(=O)c1ccc(C(=O)O)cc1Br. The van der Waals surface area contributed by atoms with Crippen molar-refractivity contribution < 1.29 is 23.4 Å². The molecule has 0 amide bonds. The van der Waals surface area contributed by atoms with E-state index in [1.807, 2.05) is 6.92 Å². The van der Waals surface area contributed by atoms with Crippen molar-refractivity contribution in [1.82, 2.24) is 4.72 Å². The fourth-order valence-corrected chi connectivity index (χ4v) is 3.98. The summed E-state index contributed by atoms with van der Waals surface area (Å²) in [6.45, 7) is 2.16. The van der Waals surface area contributed by atoms with E-state index in [4.69, 9.17) is 10.2 Å². The van der Waals surface area contributed by atoms with Gasteiger partial charge in [-0.1, -0.05) is 13.3 Å². The van der Waals surface area contributed by atoms with Gasteiger partial charge in [-0.2, -0.15) is 0 Å². The Balaban J connectivity index is 2.90. The number of carboxylic acid groups (broad SMARTS) is 1. The summed E-state index contributed by atoms with van der Waals surface area (Å²) in [4.78, 5) is 10.8. The van der Waals surface area contributed by atoms with Crippen molar-refractivity contribution in [2.45, 2.75) is 24.7 Å². The molecular weight excluding hydrogens is 362 g/mol. The van der Waals surface area contributed by atoms with Crippen molar-refractivity contribution in [3.8, 4) is 0 Å². The molecule has 1 unspecified atom stereocenters. The number of sulfonamides is 1. The molecule has 0 saturated heterocycles. The molecule has 0 aliphatic heterocycles. The lowest BCUT2D eigenvalue weighted by atomic mass is 10.0. The van der Waals surface area contributed by atoms with E-state index >= 15 is 0 Å². The topological polar surface area (TPSA) is 104 Å². The van der Waals surface area contributed by atoms with Crippen molar-refractivity contribution in [2.24, 2.45) is 5.92 Å². The maximum absolute atomic E-state index is 12.2. The molecule has 0 heterocycles. The first kappa shape index (κ1) is 18.1. The average Bonchev–Trinajstić information content (AvgIpc) is 2.42. The predicted molar refractivity (Wildman–Crippen MR) is 81.8 cm³/mol. The monoisotopic (exact) mass is 379 g/mol. The number of aliphatic hydroxyl groups excluding tert-OH is 1. The van der Waals surface area contributed by atoms with Crippen molar-refractivity contribution in [1.29, 1.82) is 0 Å². The second kappa shape index (κ2) is 7.88. The molecule has 0 aliphatic carbocycles. The van der Waals surface area contributed by atoms with Gasteiger partial charge in [-0.3, -0.25) is 0 Å². The summed E-state index contributed by atoms with van der Waals surface area (Å²) >= 11 is 3.08. The van der Waals surface area contributed by atoms with E-state index in [0.717, 1.165) is 6.42 Å². The van der Waals surface area contributed by atoms with Gasteiger partial charge >= 0.3 is 5.97 Å². The first-order valence-corrected chi connectivity index (χ1v) is 8.72. The normalized spacial score (nSPS) is 13.1. The van der Waals surface area contributed by atoms with Crippen molar-refractivity contribution in [2.75, 3.05) is 13.2 Å². The number of hydrogen-bond donors (Lipinski definition) is 3. The maximum atomic E-state index is 12.2. The van der Waals surface area contributed by atoms with Crippen LogP contribution in [0.15, 0.2) is 27.6 Å². The van der Waals surface area contributed by atoms with E-state index in [0.29, 0.717) is 6.42 Å². The molecule has 0 spiro atoms. The van der Waals surface area contributed by atoms with Crippen LogP contribution in [-0.2, 0) is 10.0 Å².